The molecule has 1 aromatic rings. The molecule has 4 nitrogen and oxygen atoms in total. The third-order valence-corrected chi connectivity index (χ3v) is 2.15. The minimum atomic E-state index is -0.859. The number of nitrogens with two attached hydrogens (primary N) is 1. The lowest BCUT2D eigenvalue weighted by molar-refractivity contribution is 0.252. The van der Waals surface area contributed by atoms with Crippen LogP contribution in [0.25, 0.3) is 0 Å². The number of nitrogen functional groups attached to an aromatic ring is 1. The van der Waals surface area contributed by atoms with Gasteiger partial charge in [-0.25, -0.2) is 13.6 Å². The first-order chi connectivity index (χ1) is 8.04. The van der Waals surface area contributed by atoms with Crippen LogP contribution in [0.2, 0.25) is 0 Å². The van der Waals surface area contributed by atoms with Crippen molar-refractivity contribution in [3.8, 4) is 0 Å². The molecular formula is C11H15F2N3O. The summed E-state index contributed by atoms with van der Waals surface area (Å²) >= 11 is 0. The molecule has 0 aliphatic heterocycles. The van der Waals surface area contributed by atoms with Gasteiger partial charge in [0.15, 0.2) is 0 Å². The van der Waals surface area contributed by atoms with Gasteiger partial charge in [0.25, 0.3) is 0 Å². The van der Waals surface area contributed by atoms with E-state index in [1.54, 1.807) is 0 Å². The van der Waals surface area contributed by atoms with Gasteiger partial charge in [-0.3, -0.25) is 0 Å². The summed E-state index contributed by atoms with van der Waals surface area (Å²) in [6.07, 6.45) is 1.78. The molecule has 0 saturated carbocycles. The fourth-order valence-electron chi connectivity index (χ4n) is 1.21. The van der Waals surface area contributed by atoms with Crippen molar-refractivity contribution in [3.05, 3.63) is 23.8 Å². The molecule has 0 saturated heterocycles. The van der Waals surface area contributed by atoms with Crippen LogP contribution in [0.1, 0.15) is 19.8 Å². The smallest absolute Gasteiger partial charge is 0.319 e. The van der Waals surface area contributed by atoms with Crippen LogP contribution in [-0.4, -0.2) is 12.6 Å². The number of unbranched alkanes of at least 4 members (excludes halogenated alkanes) is 1. The predicted molar refractivity (Wildman–Crippen MR) is 62.7 cm³/mol. The van der Waals surface area contributed by atoms with Gasteiger partial charge >= 0.3 is 6.03 Å². The molecule has 0 unspecified atom stereocenters. The fraction of sp³-hybridized carbons (Fsp3) is 0.364. The summed E-state index contributed by atoms with van der Waals surface area (Å²) < 4.78 is 26.1. The molecular weight excluding hydrogens is 228 g/mol. The molecule has 0 aliphatic carbocycles. The third-order valence-electron chi connectivity index (χ3n) is 2.15. The Kier molecular flexibility index (Phi) is 4.68. The second-order valence-corrected chi connectivity index (χ2v) is 3.59. The first-order valence-corrected chi connectivity index (χ1v) is 5.34. The van der Waals surface area contributed by atoms with Gasteiger partial charge in [-0.15, -0.1) is 0 Å². The van der Waals surface area contributed by atoms with Gasteiger partial charge in [0.1, 0.15) is 11.6 Å². The Morgan fingerprint density at radius 2 is 2.06 bits per heavy atom. The van der Waals surface area contributed by atoms with Crippen LogP contribution in [0.3, 0.4) is 0 Å². The number of halogens is 2. The number of hydrogen-bond donors (Lipinski definition) is 3. The fourth-order valence-corrected chi connectivity index (χ4v) is 1.21. The van der Waals surface area contributed by atoms with E-state index < -0.39 is 17.7 Å². The van der Waals surface area contributed by atoms with Crippen molar-refractivity contribution in [2.24, 2.45) is 0 Å². The molecule has 0 spiro atoms. The number of carbonyl (C=O) groups is 1. The maximum atomic E-state index is 13.2. The Hall–Kier alpha value is -1.85. The number of carbonyl (C=O) groups excluding carboxylic acids is 1. The molecule has 94 valence electrons. The summed E-state index contributed by atoms with van der Waals surface area (Å²) in [6.45, 7) is 2.49. The zero-order chi connectivity index (χ0) is 12.8. The Balaban J connectivity index is 2.62. The van der Waals surface area contributed by atoms with E-state index in [1.165, 1.54) is 0 Å². The number of rotatable bonds is 4. The standard InChI is InChI=1S/C11H15F2N3O/c1-2-3-4-15-11(17)16-10-6-9(14)7(12)5-8(10)13/h5-6H,2-4,14H2,1H3,(H2,15,16,17). The van der Waals surface area contributed by atoms with Crippen LogP contribution in [0.5, 0.6) is 0 Å². The summed E-state index contributed by atoms with van der Waals surface area (Å²) in [6, 6.07) is 1.14. The Bertz CT molecular complexity index is 410. The molecule has 0 fully saturated rings. The molecule has 4 N–H and O–H groups in total. The second-order valence-electron chi connectivity index (χ2n) is 3.59. The number of hydrogen-bond acceptors (Lipinski definition) is 2. The molecule has 0 aromatic heterocycles. The van der Waals surface area contributed by atoms with E-state index in [9.17, 15) is 13.6 Å². The van der Waals surface area contributed by atoms with Crippen molar-refractivity contribution in [3.63, 3.8) is 0 Å². The summed E-state index contributed by atoms with van der Waals surface area (Å²) in [4.78, 5) is 11.3. The van der Waals surface area contributed by atoms with Crippen LogP contribution in [0.4, 0.5) is 25.0 Å². The summed E-state index contributed by atoms with van der Waals surface area (Å²) in [5.41, 5.74) is 4.92. The van der Waals surface area contributed by atoms with Crippen molar-refractivity contribution < 1.29 is 13.6 Å². The minimum Gasteiger partial charge on any atom is -0.396 e. The van der Waals surface area contributed by atoms with Crippen molar-refractivity contribution in [2.75, 3.05) is 17.6 Å². The lowest BCUT2D eigenvalue weighted by Crippen LogP contribution is -2.29. The van der Waals surface area contributed by atoms with Gasteiger partial charge in [0, 0.05) is 12.6 Å². The van der Waals surface area contributed by atoms with Crippen molar-refractivity contribution in [1.29, 1.82) is 0 Å². The highest BCUT2D eigenvalue weighted by molar-refractivity contribution is 5.89. The highest BCUT2D eigenvalue weighted by Gasteiger charge is 2.10. The van der Waals surface area contributed by atoms with E-state index in [-0.39, 0.29) is 11.4 Å². The van der Waals surface area contributed by atoms with Crippen molar-refractivity contribution in [1.82, 2.24) is 5.32 Å². The minimum absolute atomic E-state index is 0.141. The number of benzene rings is 1. The number of amides is 2. The molecule has 0 bridgehead atoms. The van der Waals surface area contributed by atoms with Crippen molar-refractivity contribution >= 4 is 17.4 Å². The highest BCUT2D eigenvalue weighted by Crippen LogP contribution is 2.20. The molecule has 0 aliphatic rings. The van der Waals surface area contributed by atoms with Gasteiger partial charge in [0.2, 0.25) is 0 Å². The van der Waals surface area contributed by atoms with Crippen LogP contribution >= 0.6 is 0 Å². The van der Waals surface area contributed by atoms with Gasteiger partial charge in [-0.1, -0.05) is 13.3 Å². The number of urea groups is 1. The summed E-state index contributed by atoms with van der Waals surface area (Å²) in [5.74, 6) is -1.71. The zero-order valence-electron chi connectivity index (χ0n) is 9.52. The van der Waals surface area contributed by atoms with Crippen LogP contribution in [-0.2, 0) is 0 Å². The van der Waals surface area contributed by atoms with E-state index in [1.807, 2.05) is 6.92 Å². The Morgan fingerprint density at radius 1 is 1.35 bits per heavy atom. The average Bonchev–Trinajstić information content (AvgIpc) is 2.26. The number of nitrogens with one attached hydrogen (secondary N) is 2. The second kappa shape index (κ2) is 6.03. The van der Waals surface area contributed by atoms with Gasteiger partial charge in [-0.05, 0) is 12.5 Å². The Labute approximate surface area is 98.2 Å². The lowest BCUT2D eigenvalue weighted by Gasteiger charge is -2.09. The highest BCUT2D eigenvalue weighted by atomic mass is 19.1. The molecule has 17 heavy (non-hydrogen) atoms. The van der Waals surface area contributed by atoms with Gasteiger partial charge in [0.05, 0.1) is 11.4 Å². The molecule has 1 rings (SSSR count). The largest absolute Gasteiger partial charge is 0.396 e. The molecule has 0 atom stereocenters. The molecule has 1 aromatic carbocycles. The maximum Gasteiger partial charge on any atom is 0.319 e. The molecule has 0 heterocycles. The molecule has 0 radical (unpaired) electrons. The van der Waals surface area contributed by atoms with Gasteiger partial charge in [-0.2, -0.15) is 0 Å². The normalized spacial score (nSPS) is 10.1. The van der Waals surface area contributed by atoms with Crippen LogP contribution in [0.15, 0.2) is 12.1 Å². The lowest BCUT2D eigenvalue weighted by atomic mass is 10.2. The van der Waals surface area contributed by atoms with E-state index in [0.717, 1.165) is 18.9 Å². The van der Waals surface area contributed by atoms with Crippen molar-refractivity contribution in [2.45, 2.75) is 19.8 Å². The molecule has 6 heteroatoms. The Morgan fingerprint density at radius 3 is 2.71 bits per heavy atom. The zero-order valence-corrected chi connectivity index (χ0v) is 9.52. The SMILES string of the molecule is CCCCNC(=O)Nc1cc(N)c(F)cc1F. The van der Waals surface area contributed by atoms with E-state index in [0.29, 0.717) is 12.6 Å². The quantitative estimate of drug-likeness (QED) is 0.561. The van der Waals surface area contributed by atoms with Gasteiger partial charge < -0.3 is 16.4 Å². The number of anilines is 2. The first-order valence-electron chi connectivity index (χ1n) is 5.34. The molecule has 2 amide bonds. The van der Waals surface area contributed by atoms with E-state index in [4.69, 9.17) is 5.73 Å². The summed E-state index contributed by atoms with van der Waals surface area (Å²) in [7, 11) is 0. The van der Waals surface area contributed by atoms with E-state index >= 15 is 0 Å². The first kappa shape index (κ1) is 13.2. The monoisotopic (exact) mass is 243 g/mol. The van der Waals surface area contributed by atoms with Crippen LogP contribution < -0.4 is 16.4 Å². The average molecular weight is 243 g/mol. The predicted octanol–water partition coefficient (Wildman–Crippen LogP) is 2.47. The summed E-state index contributed by atoms with van der Waals surface area (Å²) in [5, 5.41) is 4.81. The topological polar surface area (TPSA) is 67.2 Å². The third kappa shape index (κ3) is 3.90. The van der Waals surface area contributed by atoms with E-state index in [2.05, 4.69) is 10.6 Å². The maximum absolute atomic E-state index is 13.2. The van der Waals surface area contributed by atoms with Crippen LogP contribution in [0, 0.1) is 11.6 Å².